The number of hydrogen-bond donors (Lipinski definition) is 1. The predicted molar refractivity (Wildman–Crippen MR) is 57.2 cm³/mol. The van der Waals surface area contributed by atoms with Gasteiger partial charge in [0, 0.05) is 13.5 Å². The molecule has 0 unspecified atom stereocenters. The zero-order valence-corrected chi connectivity index (χ0v) is 9.51. The second kappa shape index (κ2) is 3.92. The van der Waals surface area contributed by atoms with Crippen LogP contribution in [0.15, 0.2) is 4.63 Å². The molecule has 0 aliphatic carbocycles. The Bertz CT molecular complexity index is 486. The summed E-state index contributed by atoms with van der Waals surface area (Å²) in [6.45, 7) is 4.23. The van der Waals surface area contributed by atoms with Crippen LogP contribution in [0.3, 0.4) is 0 Å². The van der Waals surface area contributed by atoms with Crippen LogP contribution in [0.25, 0.3) is 11.5 Å². The summed E-state index contributed by atoms with van der Waals surface area (Å²) in [6, 6.07) is 0. The molecule has 16 heavy (non-hydrogen) atoms. The summed E-state index contributed by atoms with van der Waals surface area (Å²) in [5.74, 6) is 2.08. The molecule has 2 N–H and O–H groups in total. The van der Waals surface area contributed by atoms with Crippen molar-refractivity contribution >= 4 is 5.82 Å². The zero-order valence-electron chi connectivity index (χ0n) is 9.51. The van der Waals surface area contributed by atoms with Crippen molar-refractivity contribution in [3.8, 4) is 11.5 Å². The molecule has 0 fully saturated rings. The van der Waals surface area contributed by atoms with Crippen LogP contribution >= 0.6 is 0 Å². The maximum Gasteiger partial charge on any atom is 0.199 e. The highest BCUT2D eigenvalue weighted by molar-refractivity contribution is 5.62. The molecule has 0 amide bonds. The second-order valence-electron chi connectivity index (χ2n) is 4.07. The third kappa shape index (κ3) is 1.88. The first-order valence-electron chi connectivity index (χ1n) is 5.06. The van der Waals surface area contributed by atoms with Crippen molar-refractivity contribution in [1.29, 1.82) is 0 Å². The first kappa shape index (κ1) is 10.6. The maximum atomic E-state index is 5.60. The van der Waals surface area contributed by atoms with Gasteiger partial charge in [-0.2, -0.15) is 5.10 Å². The lowest BCUT2D eigenvalue weighted by Crippen LogP contribution is -1.98. The van der Waals surface area contributed by atoms with Crippen molar-refractivity contribution in [2.45, 2.75) is 20.3 Å². The Morgan fingerprint density at radius 2 is 2.12 bits per heavy atom. The Balaban J connectivity index is 2.36. The fraction of sp³-hybridized carbons (Fsp3) is 0.556. The number of aryl methyl sites for hydroxylation is 1. The van der Waals surface area contributed by atoms with E-state index in [1.165, 1.54) is 0 Å². The van der Waals surface area contributed by atoms with Gasteiger partial charge < -0.3 is 5.73 Å². The van der Waals surface area contributed by atoms with Gasteiger partial charge in [-0.25, -0.2) is 14.3 Å². The highest BCUT2D eigenvalue weighted by Gasteiger charge is 2.17. The molecule has 0 saturated heterocycles. The van der Waals surface area contributed by atoms with Crippen LogP contribution in [0.4, 0.5) is 5.82 Å². The van der Waals surface area contributed by atoms with Crippen molar-refractivity contribution in [3.05, 3.63) is 5.82 Å². The van der Waals surface area contributed by atoms with Gasteiger partial charge in [0.2, 0.25) is 0 Å². The topological polar surface area (TPSA) is 95.6 Å². The monoisotopic (exact) mass is 222 g/mol. The standard InChI is InChI=1S/C9H14N6O/c1-5(2)4-6-11-9(15(3)12-6)7-8(10)14-16-13-7/h5H,4H2,1-3H3,(H2,10,14). The summed E-state index contributed by atoms with van der Waals surface area (Å²) in [4.78, 5) is 4.36. The number of hydrogen-bond acceptors (Lipinski definition) is 6. The first-order chi connectivity index (χ1) is 7.58. The summed E-state index contributed by atoms with van der Waals surface area (Å²) in [7, 11) is 1.79. The number of aromatic nitrogens is 5. The average molecular weight is 222 g/mol. The average Bonchev–Trinajstić information content (AvgIpc) is 2.71. The Morgan fingerprint density at radius 1 is 1.38 bits per heavy atom. The van der Waals surface area contributed by atoms with Gasteiger partial charge >= 0.3 is 0 Å². The number of anilines is 1. The molecule has 0 bridgehead atoms. The van der Waals surface area contributed by atoms with E-state index in [9.17, 15) is 0 Å². The molecule has 0 aliphatic heterocycles. The van der Waals surface area contributed by atoms with Crippen LogP contribution in [0, 0.1) is 5.92 Å². The van der Waals surface area contributed by atoms with E-state index in [4.69, 9.17) is 5.73 Å². The molecule has 7 heteroatoms. The minimum atomic E-state index is 0.228. The fourth-order valence-electron chi connectivity index (χ4n) is 1.45. The Kier molecular flexibility index (Phi) is 2.59. The van der Waals surface area contributed by atoms with E-state index in [2.05, 4.69) is 38.9 Å². The van der Waals surface area contributed by atoms with Crippen LogP contribution in [0.5, 0.6) is 0 Å². The Hall–Kier alpha value is -1.92. The van der Waals surface area contributed by atoms with Crippen LogP contribution in [-0.2, 0) is 13.5 Å². The summed E-state index contributed by atoms with van der Waals surface area (Å²) < 4.78 is 6.17. The minimum absolute atomic E-state index is 0.228. The quantitative estimate of drug-likeness (QED) is 0.818. The summed E-state index contributed by atoms with van der Waals surface area (Å²) in [5.41, 5.74) is 6.04. The Morgan fingerprint density at radius 3 is 2.69 bits per heavy atom. The highest BCUT2D eigenvalue weighted by atomic mass is 16.6. The molecule has 7 nitrogen and oxygen atoms in total. The van der Waals surface area contributed by atoms with E-state index in [1.807, 2.05) is 0 Å². The maximum absolute atomic E-state index is 5.60. The fourth-order valence-corrected chi connectivity index (χ4v) is 1.45. The van der Waals surface area contributed by atoms with Gasteiger partial charge in [0.15, 0.2) is 23.2 Å². The number of nitrogen functional groups attached to an aromatic ring is 1. The number of nitrogens with zero attached hydrogens (tertiary/aromatic N) is 5. The summed E-state index contributed by atoms with van der Waals surface area (Å²) >= 11 is 0. The molecule has 0 radical (unpaired) electrons. The van der Waals surface area contributed by atoms with E-state index in [0.29, 0.717) is 17.4 Å². The van der Waals surface area contributed by atoms with E-state index in [-0.39, 0.29) is 5.82 Å². The van der Waals surface area contributed by atoms with E-state index in [0.717, 1.165) is 12.2 Å². The second-order valence-corrected chi connectivity index (χ2v) is 4.07. The number of nitrogens with two attached hydrogens (primary N) is 1. The SMILES string of the molecule is CC(C)Cc1nc(-c2nonc2N)n(C)n1. The molecule has 0 aliphatic rings. The van der Waals surface area contributed by atoms with E-state index in [1.54, 1.807) is 11.7 Å². The molecule has 2 heterocycles. The third-order valence-electron chi connectivity index (χ3n) is 2.12. The molecule has 0 aromatic carbocycles. The number of rotatable bonds is 3. The first-order valence-corrected chi connectivity index (χ1v) is 5.06. The molecule has 2 aromatic rings. The zero-order chi connectivity index (χ0) is 11.7. The van der Waals surface area contributed by atoms with E-state index >= 15 is 0 Å². The van der Waals surface area contributed by atoms with Gasteiger partial charge in [-0.15, -0.1) is 0 Å². The van der Waals surface area contributed by atoms with Gasteiger partial charge in [-0.3, -0.25) is 0 Å². The summed E-state index contributed by atoms with van der Waals surface area (Å²) in [6.07, 6.45) is 0.818. The van der Waals surface area contributed by atoms with Crippen molar-refractivity contribution < 1.29 is 4.63 Å². The predicted octanol–water partition coefficient (Wildman–Crippen LogP) is 0.646. The van der Waals surface area contributed by atoms with Gasteiger partial charge in [0.05, 0.1) is 0 Å². The molecular formula is C9H14N6O. The van der Waals surface area contributed by atoms with Crippen LogP contribution < -0.4 is 5.73 Å². The molecule has 2 aromatic heterocycles. The van der Waals surface area contributed by atoms with Gasteiger partial charge in [-0.1, -0.05) is 13.8 Å². The molecule has 2 rings (SSSR count). The summed E-state index contributed by atoms with van der Waals surface area (Å²) in [5, 5.41) is 11.5. The normalized spacial score (nSPS) is 11.2. The van der Waals surface area contributed by atoms with Crippen molar-refractivity contribution in [3.63, 3.8) is 0 Å². The molecule has 0 atom stereocenters. The lowest BCUT2D eigenvalue weighted by molar-refractivity contribution is 0.310. The van der Waals surface area contributed by atoms with Crippen LogP contribution in [-0.4, -0.2) is 25.1 Å². The lowest BCUT2D eigenvalue weighted by Gasteiger charge is -1.96. The van der Waals surface area contributed by atoms with Crippen molar-refractivity contribution in [2.24, 2.45) is 13.0 Å². The Labute approximate surface area is 92.6 Å². The lowest BCUT2D eigenvalue weighted by atomic mass is 10.1. The van der Waals surface area contributed by atoms with Gasteiger partial charge in [-0.05, 0) is 16.2 Å². The van der Waals surface area contributed by atoms with Crippen molar-refractivity contribution in [2.75, 3.05) is 5.73 Å². The van der Waals surface area contributed by atoms with Crippen molar-refractivity contribution in [1.82, 2.24) is 25.1 Å². The third-order valence-corrected chi connectivity index (χ3v) is 2.12. The molecular weight excluding hydrogens is 208 g/mol. The van der Waals surface area contributed by atoms with E-state index < -0.39 is 0 Å². The molecule has 86 valence electrons. The van der Waals surface area contributed by atoms with Gasteiger partial charge in [0.1, 0.15) is 0 Å². The smallest absolute Gasteiger partial charge is 0.199 e. The highest BCUT2D eigenvalue weighted by Crippen LogP contribution is 2.19. The molecule has 0 spiro atoms. The van der Waals surface area contributed by atoms with Crippen LogP contribution in [0.1, 0.15) is 19.7 Å². The van der Waals surface area contributed by atoms with Gasteiger partial charge in [0.25, 0.3) is 0 Å². The molecule has 0 saturated carbocycles. The van der Waals surface area contributed by atoms with Crippen LogP contribution in [0.2, 0.25) is 0 Å². The largest absolute Gasteiger partial charge is 0.379 e. The minimum Gasteiger partial charge on any atom is -0.379 e.